The van der Waals surface area contributed by atoms with Gasteiger partial charge >= 0.3 is 6.03 Å². The van der Waals surface area contributed by atoms with Gasteiger partial charge in [-0.15, -0.1) is 11.3 Å². The number of rotatable bonds is 5. The maximum Gasteiger partial charge on any atom is 0.319 e. The number of anilines is 1. The Kier molecular flexibility index (Phi) is 5.31. The molecule has 0 spiro atoms. The fourth-order valence-electron chi connectivity index (χ4n) is 2.90. The minimum Gasteiger partial charge on any atom is -0.338 e. The molecule has 4 nitrogen and oxygen atoms in total. The average Bonchev–Trinajstić information content (AvgIpc) is 2.96. The number of urea groups is 1. The van der Waals surface area contributed by atoms with Gasteiger partial charge in [-0.2, -0.15) is 0 Å². The predicted molar refractivity (Wildman–Crippen MR) is 96.1 cm³/mol. The van der Waals surface area contributed by atoms with E-state index >= 15 is 0 Å². The second-order valence-corrected chi connectivity index (χ2v) is 6.74. The molecule has 23 heavy (non-hydrogen) atoms. The maximum atomic E-state index is 11.8. The third kappa shape index (κ3) is 4.33. The van der Waals surface area contributed by atoms with Crippen LogP contribution in [0, 0.1) is 6.92 Å². The summed E-state index contributed by atoms with van der Waals surface area (Å²) in [5.41, 5.74) is 4.93. The Bertz CT molecular complexity index is 668. The van der Waals surface area contributed by atoms with Crippen molar-refractivity contribution in [1.82, 2.24) is 10.2 Å². The highest BCUT2D eigenvalue weighted by molar-refractivity contribution is 7.08. The van der Waals surface area contributed by atoms with Gasteiger partial charge in [-0.3, -0.25) is 4.90 Å². The predicted octanol–water partition coefficient (Wildman–Crippen LogP) is 3.63. The Morgan fingerprint density at radius 2 is 2.09 bits per heavy atom. The molecule has 0 radical (unpaired) electrons. The molecule has 2 aromatic rings. The summed E-state index contributed by atoms with van der Waals surface area (Å²) < 4.78 is 0. The number of fused-ring (bicyclic) bond motifs is 1. The quantitative estimate of drug-likeness (QED) is 0.823. The number of carbonyl (C=O) groups is 1. The minimum absolute atomic E-state index is 0.115. The lowest BCUT2D eigenvalue weighted by molar-refractivity contribution is 0.242. The number of carbonyl (C=O) groups excluding carboxylic acids is 1. The maximum absolute atomic E-state index is 11.8. The summed E-state index contributed by atoms with van der Waals surface area (Å²) >= 11 is 1.60. The van der Waals surface area contributed by atoms with E-state index in [0.29, 0.717) is 6.54 Å². The Hall–Kier alpha value is -1.85. The highest BCUT2D eigenvalue weighted by Crippen LogP contribution is 2.19. The SMILES string of the molecule is Cc1cscc1NC(=O)NCCCN1CCc2ccccc2C1. The number of hydrogen-bond donors (Lipinski definition) is 2. The molecule has 0 fully saturated rings. The summed E-state index contributed by atoms with van der Waals surface area (Å²) in [5, 5.41) is 9.81. The molecule has 0 saturated heterocycles. The number of amides is 2. The van der Waals surface area contributed by atoms with Crippen molar-refractivity contribution in [2.75, 3.05) is 25.0 Å². The first kappa shape index (κ1) is 16.0. The molecule has 2 N–H and O–H groups in total. The number of thiophene rings is 1. The van der Waals surface area contributed by atoms with Crippen molar-refractivity contribution < 1.29 is 4.79 Å². The summed E-state index contributed by atoms with van der Waals surface area (Å²) in [6, 6.07) is 8.56. The lowest BCUT2D eigenvalue weighted by Crippen LogP contribution is -2.35. The summed E-state index contributed by atoms with van der Waals surface area (Å²) in [5.74, 6) is 0. The van der Waals surface area contributed by atoms with E-state index in [1.165, 1.54) is 11.1 Å². The zero-order valence-corrected chi connectivity index (χ0v) is 14.3. The smallest absolute Gasteiger partial charge is 0.319 e. The molecule has 2 heterocycles. The highest BCUT2D eigenvalue weighted by Gasteiger charge is 2.14. The van der Waals surface area contributed by atoms with Gasteiger partial charge in [0.25, 0.3) is 0 Å². The molecular weight excluding hydrogens is 306 g/mol. The third-order valence-corrected chi connectivity index (χ3v) is 5.11. The highest BCUT2D eigenvalue weighted by atomic mass is 32.1. The molecule has 1 aliphatic rings. The first-order valence-corrected chi connectivity index (χ1v) is 9.03. The van der Waals surface area contributed by atoms with E-state index in [1.807, 2.05) is 17.7 Å². The molecule has 2 amide bonds. The number of nitrogens with zero attached hydrogens (tertiary/aromatic N) is 1. The second kappa shape index (κ2) is 7.62. The second-order valence-electron chi connectivity index (χ2n) is 6.00. The molecule has 122 valence electrons. The van der Waals surface area contributed by atoms with E-state index in [4.69, 9.17) is 0 Å². The van der Waals surface area contributed by atoms with Crippen LogP contribution < -0.4 is 10.6 Å². The van der Waals surface area contributed by atoms with Crippen LogP contribution in [-0.4, -0.2) is 30.6 Å². The van der Waals surface area contributed by atoms with Gasteiger partial charge in [0.05, 0.1) is 5.69 Å². The van der Waals surface area contributed by atoms with Crippen molar-refractivity contribution in [2.24, 2.45) is 0 Å². The van der Waals surface area contributed by atoms with Crippen molar-refractivity contribution in [2.45, 2.75) is 26.3 Å². The normalized spacial score (nSPS) is 14.3. The van der Waals surface area contributed by atoms with Crippen LogP contribution in [0.2, 0.25) is 0 Å². The van der Waals surface area contributed by atoms with Crippen LogP contribution >= 0.6 is 11.3 Å². The molecule has 5 heteroatoms. The van der Waals surface area contributed by atoms with E-state index in [1.54, 1.807) is 11.3 Å². The van der Waals surface area contributed by atoms with Crippen LogP contribution in [-0.2, 0) is 13.0 Å². The van der Waals surface area contributed by atoms with Crippen molar-refractivity contribution >= 4 is 23.1 Å². The molecule has 0 atom stereocenters. The van der Waals surface area contributed by atoms with E-state index in [2.05, 4.69) is 39.8 Å². The fraction of sp³-hybridized carbons (Fsp3) is 0.389. The van der Waals surface area contributed by atoms with Crippen LogP contribution in [0.3, 0.4) is 0 Å². The monoisotopic (exact) mass is 329 g/mol. The van der Waals surface area contributed by atoms with Gasteiger partial charge in [0.2, 0.25) is 0 Å². The summed E-state index contributed by atoms with van der Waals surface area (Å²) in [6.45, 7) is 5.85. The Morgan fingerprint density at radius 1 is 1.26 bits per heavy atom. The number of nitrogens with one attached hydrogen (secondary N) is 2. The Morgan fingerprint density at radius 3 is 2.87 bits per heavy atom. The summed E-state index contributed by atoms with van der Waals surface area (Å²) in [7, 11) is 0. The summed E-state index contributed by atoms with van der Waals surface area (Å²) in [4.78, 5) is 14.3. The lowest BCUT2D eigenvalue weighted by Gasteiger charge is -2.28. The molecule has 0 unspecified atom stereocenters. The molecule has 0 bridgehead atoms. The standard InChI is InChI=1S/C18H23N3OS/c1-14-12-23-13-17(14)20-18(22)19-8-4-9-21-10-7-15-5-2-3-6-16(15)11-21/h2-3,5-6,12-13H,4,7-11H2,1H3,(H2,19,20,22). The average molecular weight is 329 g/mol. The number of benzene rings is 1. The molecule has 1 aliphatic heterocycles. The van der Waals surface area contributed by atoms with Gasteiger partial charge in [0.1, 0.15) is 0 Å². The van der Waals surface area contributed by atoms with E-state index < -0.39 is 0 Å². The van der Waals surface area contributed by atoms with Gasteiger partial charge in [-0.25, -0.2) is 4.79 Å². The Labute approximate surface area is 141 Å². The van der Waals surface area contributed by atoms with Gasteiger partial charge in [-0.05, 0) is 41.8 Å². The van der Waals surface area contributed by atoms with Crippen LogP contribution in [0.15, 0.2) is 35.0 Å². The van der Waals surface area contributed by atoms with Crippen LogP contribution in [0.4, 0.5) is 10.5 Å². The van der Waals surface area contributed by atoms with Gasteiger partial charge in [0, 0.05) is 31.6 Å². The molecule has 3 rings (SSSR count). The molecular formula is C18H23N3OS. The van der Waals surface area contributed by atoms with Crippen molar-refractivity contribution in [3.8, 4) is 0 Å². The molecule has 1 aromatic heterocycles. The van der Waals surface area contributed by atoms with Crippen molar-refractivity contribution in [3.63, 3.8) is 0 Å². The number of hydrogen-bond acceptors (Lipinski definition) is 3. The zero-order valence-electron chi connectivity index (χ0n) is 13.5. The first-order chi connectivity index (χ1) is 11.2. The summed E-state index contributed by atoms with van der Waals surface area (Å²) in [6.07, 6.45) is 2.10. The van der Waals surface area contributed by atoms with E-state index in [9.17, 15) is 4.79 Å². The van der Waals surface area contributed by atoms with Crippen LogP contribution in [0.5, 0.6) is 0 Å². The molecule has 0 aliphatic carbocycles. The zero-order chi connectivity index (χ0) is 16.1. The van der Waals surface area contributed by atoms with Gasteiger partial charge in [0.15, 0.2) is 0 Å². The van der Waals surface area contributed by atoms with Gasteiger partial charge < -0.3 is 10.6 Å². The van der Waals surface area contributed by atoms with E-state index in [-0.39, 0.29) is 6.03 Å². The first-order valence-electron chi connectivity index (χ1n) is 8.09. The van der Waals surface area contributed by atoms with Crippen LogP contribution in [0.1, 0.15) is 23.1 Å². The largest absolute Gasteiger partial charge is 0.338 e. The topological polar surface area (TPSA) is 44.4 Å². The molecule has 1 aromatic carbocycles. The lowest BCUT2D eigenvalue weighted by atomic mass is 10.00. The van der Waals surface area contributed by atoms with Gasteiger partial charge in [-0.1, -0.05) is 24.3 Å². The fourth-order valence-corrected chi connectivity index (χ4v) is 3.68. The van der Waals surface area contributed by atoms with Crippen LogP contribution in [0.25, 0.3) is 0 Å². The third-order valence-electron chi connectivity index (χ3n) is 4.25. The van der Waals surface area contributed by atoms with E-state index in [0.717, 1.165) is 43.7 Å². The van der Waals surface area contributed by atoms with Crippen molar-refractivity contribution in [3.05, 3.63) is 51.7 Å². The number of aryl methyl sites for hydroxylation is 1. The molecule has 0 saturated carbocycles. The van der Waals surface area contributed by atoms with Crippen molar-refractivity contribution in [1.29, 1.82) is 0 Å². The minimum atomic E-state index is -0.115. The Balaban J connectivity index is 1.36.